The van der Waals surface area contributed by atoms with E-state index in [1.165, 1.54) is 19.4 Å². The van der Waals surface area contributed by atoms with Crippen molar-refractivity contribution in [3.05, 3.63) is 82.9 Å². The summed E-state index contributed by atoms with van der Waals surface area (Å²) >= 11 is 0. The van der Waals surface area contributed by atoms with Gasteiger partial charge in [-0.1, -0.05) is 12.1 Å². The predicted molar refractivity (Wildman–Crippen MR) is 111 cm³/mol. The molecule has 0 aliphatic carbocycles. The molecular weight excluding hydrogens is 437 g/mol. The highest BCUT2D eigenvalue weighted by Crippen LogP contribution is 2.31. The number of carbonyl (C=O) groups excluding carboxylic acids is 1. The maximum atomic E-state index is 12.9. The van der Waals surface area contributed by atoms with Crippen molar-refractivity contribution in [1.82, 2.24) is 19.9 Å². The summed E-state index contributed by atoms with van der Waals surface area (Å²) in [4.78, 5) is 27.4. The molecule has 11 heteroatoms. The molecule has 33 heavy (non-hydrogen) atoms. The lowest BCUT2D eigenvalue weighted by molar-refractivity contribution is -0.137. The molecule has 0 spiro atoms. The normalized spacial score (nSPS) is 12.3. The molecule has 1 aromatic carbocycles. The summed E-state index contributed by atoms with van der Waals surface area (Å²) in [5, 5.41) is 11.6. The van der Waals surface area contributed by atoms with Crippen LogP contribution in [0.3, 0.4) is 0 Å². The number of imidazole rings is 1. The Bertz CT molecular complexity index is 1360. The van der Waals surface area contributed by atoms with Crippen LogP contribution in [0, 0.1) is 11.3 Å². The smallest absolute Gasteiger partial charge is 0.369 e. The van der Waals surface area contributed by atoms with E-state index in [1.807, 2.05) is 6.07 Å². The van der Waals surface area contributed by atoms with Crippen LogP contribution in [0.25, 0.3) is 11.2 Å². The van der Waals surface area contributed by atoms with Crippen LogP contribution < -0.4 is 5.32 Å². The maximum Gasteiger partial charge on any atom is 0.417 e. The number of pyridine rings is 2. The van der Waals surface area contributed by atoms with Crippen LogP contribution >= 0.6 is 0 Å². The third-order valence-electron chi connectivity index (χ3n) is 4.75. The number of ether oxygens (including phenoxy) is 1. The lowest BCUT2D eigenvalue weighted by Crippen LogP contribution is -2.13. The zero-order valence-corrected chi connectivity index (χ0v) is 17.0. The van der Waals surface area contributed by atoms with Crippen LogP contribution in [0.4, 0.5) is 19.0 Å². The monoisotopic (exact) mass is 452 g/mol. The van der Waals surface area contributed by atoms with E-state index in [2.05, 4.69) is 25.3 Å². The number of nitrogens with zero attached hydrogens (tertiary/aromatic N) is 4. The summed E-state index contributed by atoms with van der Waals surface area (Å²) < 4.78 is 44.3. The first-order chi connectivity index (χ1) is 15.8. The minimum atomic E-state index is -4.52. The molecule has 3 aromatic heterocycles. The van der Waals surface area contributed by atoms with Crippen LogP contribution in [0.5, 0.6) is 0 Å². The van der Waals surface area contributed by atoms with Gasteiger partial charge in [0.05, 0.1) is 22.7 Å². The number of nitrogens with one attached hydrogen (secondary N) is 2. The molecule has 1 atom stereocenters. The molecule has 0 fully saturated rings. The minimum Gasteiger partial charge on any atom is -0.369 e. The van der Waals surface area contributed by atoms with Gasteiger partial charge in [-0.25, -0.2) is 15.0 Å². The van der Waals surface area contributed by atoms with Crippen LogP contribution in [0.1, 0.15) is 39.0 Å². The van der Waals surface area contributed by atoms with E-state index in [1.54, 1.807) is 30.3 Å². The number of fused-ring (bicyclic) bond motifs is 1. The van der Waals surface area contributed by atoms with E-state index >= 15 is 0 Å². The predicted octanol–water partition coefficient (Wildman–Crippen LogP) is 4.23. The van der Waals surface area contributed by atoms with Crippen molar-refractivity contribution in [2.24, 2.45) is 0 Å². The van der Waals surface area contributed by atoms with Crippen LogP contribution in [-0.4, -0.2) is 33.0 Å². The average molecular weight is 452 g/mol. The van der Waals surface area contributed by atoms with E-state index in [9.17, 15) is 18.0 Å². The van der Waals surface area contributed by atoms with Gasteiger partial charge < -0.3 is 15.0 Å². The number of aromatic nitrogens is 4. The summed E-state index contributed by atoms with van der Waals surface area (Å²) in [6.45, 7) is 0. The van der Waals surface area contributed by atoms with E-state index in [4.69, 9.17) is 10.00 Å². The highest BCUT2D eigenvalue weighted by atomic mass is 19.4. The number of H-pyrrole nitrogens is 1. The lowest BCUT2D eigenvalue weighted by Gasteiger charge is -2.13. The lowest BCUT2D eigenvalue weighted by atomic mass is 10.1. The van der Waals surface area contributed by atoms with Crippen molar-refractivity contribution in [3.63, 3.8) is 0 Å². The standard InChI is InChI=1S/C22H15F3N6O2/c1-33-18(20-29-16-8-15(22(23,24)25)11-28-19(16)31-20)14-5-6-17(27-10-14)30-21(32)13-4-2-3-12(7-13)9-26/h2-8,10-11,18H,1H3,(H,27,30,32)(H,28,29,31). The van der Waals surface area contributed by atoms with E-state index < -0.39 is 23.8 Å². The Balaban J connectivity index is 1.54. The first-order valence-electron chi connectivity index (χ1n) is 9.51. The molecule has 4 rings (SSSR count). The zero-order chi connectivity index (χ0) is 23.6. The van der Waals surface area contributed by atoms with Gasteiger partial charge in [0.15, 0.2) is 5.65 Å². The molecule has 1 unspecified atom stereocenters. The second kappa shape index (κ2) is 8.68. The van der Waals surface area contributed by atoms with E-state index in [0.717, 1.165) is 12.3 Å². The Hall–Kier alpha value is -4.30. The van der Waals surface area contributed by atoms with Crippen molar-refractivity contribution in [2.45, 2.75) is 12.3 Å². The molecule has 166 valence electrons. The number of rotatable bonds is 5. The van der Waals surface area contributed by atoms with Crippen molar-refractivity contribution in [3.8, 4) is 6.07 Å². The highest BCUT2D eigenvalue weighted by molar-refractivity contribution is 6.03. The Morgan fingerprint density at radius 3 is 2.67 bits per heavy atom. The summed E-state index contributed by atoms with van der Waals surface area (Å²) in [7, 11) is 1.42. The summed E-state index contributed by atoms with van der Waals surface area (Å²) in [6, 6.07) is 12.3. The number of alkyl halides is 3. The maximum absolute atomic E-state index is 12.9. The van der Waals surface area contributed by atoms with Gasteiger partial charge in [-0.3, -0.25) is 4.79 Å². The molecule has 0 aliphatic rings. The topological polar surface area (TPSA) is 117 Å². The molecule has 1 amide bonds. The molecule has 0 bridgehead atoms. The molecule has 8 nitrogen and oxygen atoms in total. The number of methoxy groups -OCH3 is 1. The number of benzene rings is 1. The van der Waals surface area contributed by atoms with Gasteiger partial charge in [0, 0.05) is 30.6 Å². The number of carbonyl (C=O) groups is 1. The van der Waals surface area contributed by atoms with E-state index in [-0.39, 0.29) is 22.8 Å². The summed E-state index contributed by atoms with van der Waals surface area (Å²) in [5.41, 5.74) is 0.576. The van der Waals surface area contributed by atoms with Crippen molar-refractivity contribution >= 4 is 22.9 Å². The molecule has 0 saturated heterocycles. The molecule has 4 aromatic rings. The second-order valence-corrected chi connectivity index (χ2v) is 6.95. The number of anilines is 1. The molecular formula is C22H15F3N6O2. The number of halogens is 3. The van der Waals surface area contributed by atoms with Crippen LogP contribution in [0.15, 0.2) is 54.9 Å². The number of hydrogen-bond donors (Lipinski definition) is 2. The van der Waals surface area contributed by atoms with Gasteiger partial charge in [0.1, 0.15) is 17.7 Å². The Morgan fingerprint density at radius 1 is 1.18 bits per heavy atom. The van der Waals surface area contributed by atoms with Crippen molar-refractivity contribution in [2.75, 3.05) is 12.4 Å². The number of hydrogen-bond acceptors (Lipinski definition) is 6. The Morgan fingerprint density at radius 2 is 2.00 bits per heavy atom. The first kappa shape index (κ1) is 21.9. The van der Waals surface area contributed by atoms with Gasteiger partial charge in [0.2, 0.25) is 0 Å². The van der Waals surface area contributed by atoms with Crippen LogP contribution in [-0.2, 0) is 10.9 Å². The average Bonchev–Trinajstić information content (AvgIpc) is 3.23. The zero-order valence-electron chi connectivity index (χ0n) is 17.0. The first-order valence-corrected chi connectivity index (χ1v) is 9.51. The van der Waals surface area contributed by atoms with Crippen molar-refractivity contribution in [1.29, 1.82) is 5.26 Å². The molecule has 3 heterocycles. The van der Waals surface area contributed by atoms with Gasteiger partial charge in [-0.2, -0.15) is 18.4 Å². The van der Waals surface area contributed by atoms with Crippen LogP contribution in [0.2, 0.25) is 0 Å². The fourth-order valence-electron chi connectivity index (χ4n) is 3.16. The van der Waals surface area contributed by atoms with Crippen molar-refractivity contribution < 1.29 is 22.7 Å². The van der Waals surface area contributed by atoms with Gasteiger partial charge in [0.25, 0.3) is 5.91 Å². The third-order valence-corrected chi connectivity index (χ3v) is 4.75. The minimum absolute atomic E-state index is 0.122. The number of amides is 1. The largest absolute Gasteiger partial charge is 0.417 e. The quantitative estimate of drug-likeness (QED) is 0.468. The third kappa shape index (κ3) is 4.65. The SMILES string of the molecule is COC(c1ccc(NC(=O)c2cccc(C#N)c2)nc1)c1nc2ncc(C(F)(F)F)cc2[nH]1. The fraction of sp³-hybridized carbons (Fsp3) is 0.136. The fourth-order valence-corrected chi connectivity index (χ4v) is 3.16. The highest BCUT2D eigenvalue weighted by Gasteiger charge is 2.31. The van der Waals surface area contributed by atoms with E-state index in [0.29, 0.717) is 16.7 Å². The molecule has 0 saturated carbocycles. The van der Waals surface area contributed by atoms with Gasteiger partial charge in [-0.05, 0) is 30.3 Å². The van der Waals surface area contributed by atoms with Gasteiger partial charge in [-0.15, -0.1) is 0 Å². The Labute approximate surface area is 185 Å². The number of aromatic amines is 1. The molecule has 2 N–H and O–H groups in total. The number of nitriles is 1. The summed E-state index contributed by atoms with van der Waals surface area (Å²) in [5.74, 6) is 0.0905. The summed E-state index contributed by atoms with van der Waals surface area (Å²) in [6.07, 6.45) is -3.09. The Kier molecular flexibility index (Phi) is 5.76. The van der Waals surface area contributed by atoms with Gasteiger partial charge >= 0.3 is 6.18 Å². The molecule has 0 radical (unpaired) electrons. The second-order valence-electron chi connectivity index (χ2n) is 6.95. The molecule has 0 aliphatic heterocycles.